The van der Waals surface area contributed by atoms with Crippen molar-refractivity contribution in [1.29, 1.82) is 0 Å². The zero-order valence-electron chi connectivity index (χ0n) is 7.52. The van der Waals surface area contributed by atoms with E-state index in [1.807, 2.05) is 0 Å². The van der Waals surface area contributed by atoms with Crippen LogP contribution in [0, 0.1) is 0 Å². The van der Waals surface area contributed by atoms with E-state index >= 15 is 0 Å². The summed E-state index contributed by atoms with van der Waals surface area (Å²) in [7, 11) is -4.39. The molecule has 16 heavy (non-hydrogen) atoms. The Morgan fingerprint density at radius 2 is 1.88 bits per heavy atom. The summed E-state index contributed by atoms with van der Waals surface area (Å²) in [5, 5.41) is 0. The van der Waals surface area contributed by atoms with E-state index in [0.717, 1.165) is 18.2 Å². The Morgan fingerprint density at radius 3 is 2.38 bits per heavy atom. The van der Waals surface area contributed by atoms with Crippen molar-refractivity contribution < 1.29 is 26.4 Å². The molecule has 0 saturated heterocycles. The van der Waals surface area contributed by atoms with Crippen molar-refractivity contribution in [3.63, 3.8) is 0 Å². The molecule has 0 heterocycles. The molecule has 0 spiro atoms. The van der Waals surface area contributed by atoms with Crippen LogP contribution in [0.2, 0.25) is 0 Å². The lowest BCUT2D eigenvalue weighted by Gasteiger charge is -2.06. The van der Waals surface area contributed by atoms with Crippen LogP contribution in [0.5, 0.6) is 0 Å². The van der Waals surface area contributed by atoms with Crippen LogP contribution in [0.1, 0.15) is 5.56 Å². The number of carbonyl (C=O) groups excluding carboxylic acids is 1. The highest BCUT2D eigenvalue weighted by molar-refractivity contribution is 7.90. The van der Waals surface area contributed by atoms with Gasteiger partial charge in [0.2, 0.25) is 0 Å². The fraction of sp³-hybridized carbons (Fsp3) is 0.125. The van der Waals surface area contributed by atoms with E-state index < -0.39 is 26.7 Å². The van der Waals surface area contributed by atoms with Gasteiger partial charge in [0.1, 0.15) is 0 Å². The zero-order valence-corrected chi connectivity index (χ0v) is 8.34. The number of hydrogen-bond acceptors (Lipinski definition) is 3. The normalized spacial score (nSPS) is 11.9. The highest BCUT2D eigenvalue weighted by Gasteiger charge is 2.31. The van der Waals surface area contributed by atoms with E-state index in [2.05, 4.69) is 4.40 Å². The number of halogens is 3. The summed E-state index contributed by atoms with van der Waals surface area (Å²) in [4.78, 5) is 9.08. The Labute approximate surface area is 88.5 Å². The van der Waals surface area contributed by atoms with Gasteiger partial charge in [-0.05, 0) is 18.2 Å². The molecule has 0 bridgehead atoms. The summed E-state index contributed by atoms with van der Waals surface area (Å²) in [6.07, 6.45) is -3.89. The third-order valence-corrected chi connectivity index (χ3v) is 2.78. The van der Waals surface area contributed by atoms with Crippen LogP contribution in [0.3, 0.4) is 0 Å². The smallest absolute Gasteiger partial charge is 0.210 e. The third kappa shape index (κ3) is 2.68. The highest BCUT2D eigenvalue weighted by atomic mass is 32.2. The van der Waals surface area contributed by atoms with Crippen molar-refractivity contribution in [2.75, 3.05) is 0 Å². The molecule has 0 unspecified atom stereocenters. The second-order valence-electron chi connectivity index (χ2n) is 2.68. The number of isocyanates is 1. The van der Waals surface area contributed by atoms with Crippen molar-refractivity contribution in [3.8, 4) is 0 Å². The first-order valence-corrected chi connectivity index (χ1v) is 5.23. The van der Waals surface area contributed by atoms with E-state index in [-0.39, 0.29) is 0 Å². The van der Waals surface area contributed by atoms with Crippen molar-refractivity contribution in [1.82, 2.24) is 0 Å². The van der Waals surface area contributed by atoms with E-state index in [1.54, 1.807) is 0 Å². The van der Waals surface area contributed by atoms with Crippen LogP contribution in [-0.4, -0.2) is 14.5 Å². The molecule has 0 aromatic heterocycles. The van der Waals surface area contributed by atoms with Gasteiger partial charge in [-0.1, -0.05) is 10.5 Å². The summed E-state index contributed by atoms with van der Waals surface area (Å²) in [6, 6.07) is 2.93. The maximum absolute atomic E-state index is 12.2. The van der Waals surface area contributed by atoms with Crippen LogP contribution in [-0.2, 0) is 21.0 Å². The van der Waals surface area contributed by atoms with Crippen LogP contribution < -0.4 is 0 Å². The Bertz CT molecular complexity index is 544. The number of rotatable bonds is 2. The Kier molecular flexibility index (Phi) is 3.16. The van der Waals surface area contributed by atoms with Gasteiger partial charge in [-0.15, -0.1) is 0 Å². The third-order valence-electron chi connectivity index (χ3n) is 1.62. The topological polar surface area (TPSA) is 63.6 Å². The van der Waals surface area contributed by atoms with E-state index in [0.29, 0.717) is 12.1 Å². The molecule has 0 N–H and O–H groups in total. The van der Waals surface area contributed by atoms with Gasteiger partial charge in [-0.2, -0.15) is 21.6 Å². The maximum atomic E-state index is 12.2. The molecular weight excluding hydrogens is 247 g/mol. The maximum Gasteiger partial charge on any atom is 0.416 e. The quantitative estimate of drug-likeness (QED) is 0.594. The lowest BCUT2D eigenvalue weighted by Crippen LogP contribution is -2.06. The molecule has 0 radical (unpaired) electrons. The molecule has 1 rings (SSSR count). The number of benzene rings is 1. The fourth-order valence-corrected chi connectivity index (χ4v) is 1.66. The van der Waals surface area contributed by atoms with Crippen LogP contribution in [0.15, 0.2) is 33.6 Å². The van der Waals surface area contributed by atoms with Gasteiger partial charge < -0.3 is 0 Å². The molecule has 0 amide bonds. The Balaban J connectivity index is 3.35. The number of hydrogen-bond donors (Lipinski definition) is 0. The summed E-state index contributed by atoms with van der Waals surface area (Å²) in [6.45, 7) is 0. The minimum atomic E-state index is -4.66. The van der Waals surface area contributed by atoms with Gasteiger partial charge in [-0.3, -0.25) is 0 Å². The second-order valence-corrected chi connectivity index (χ2v) is 4.29. The lowest BCUT2D eigenvalue weighted by molar-refractivity contribution is -0.137. The van der Waals surface area contributed by atoms with Crippen molar-refractivity contribution in [2.45, 2.75) is 11.1 Å². The molecule has 1 aromatic rings. The average molecular weight is 251 g/mol. The van der Waals surface area contributed by atoms with E-state index in [4.69, 9.17) is 0 Å². The Hall–Kier alpha value is -1.66. The minimum Gasteiger partial charge on any atom is -0.210 e. The van der Waals surface area contributed by atoms with Gasteiger partial charge in [0.15, 0.2) is 0 Å². The summed E-state index contributed by atoms with van der Waals surface area (Å²) < 4.78 is 61.4. The summed E-state index contributed by atoms with van der Waals surface area (Å²) >= 11 is 0. The first-order chi connectivity index (χ1) is 7.27. The molecule has 1 aromatic carbocycles. The number of sulfonamides is 1. The van der Waals surface area contributed by atoms with Gasteiger partial charge in [0, 0.05) is 0 Å². The Morgan fingerprint density at radius 1 is 1.25 bits per heavy atom. The average Bonchev–Trinajstić information content (AvgIpc) is 2.16. The predicted octanol–water partition coefficient (Wildman–Crippen LogP) is 1.73. The molecule has 8 heteroatoms. The van der Waals surface area contributed by atoms with Crippen molar-refractivity contribution in [3.05, 3.63) is 29.8 Å². The second kappa shape index (κ2) is 4.07. The lowest BCUT2D eigenvalue weighted by atomic mass is 10.2. The van der Waals surface area contributed by atoms with E-state index in [9.17, 15) is 26.4 Å². The molecule has 4 nitrogen and oxygen atoms in total. The molecule has 0 fully saturated rings. The molecule has 86 valence electrons. The standard InChI is InChI=1S/C8H4F3NO3S/c9-8(10,11)6-2-1-3-7(4-6)16(14,15)12-5-13/h1-4H. The predicted molar refractivity (Wildman–Crippen MR) is 46.8 cm³/mol. The number of nitrogens with zero attached hydrogens (tertiary/aromatic N) is 1. The zero-order chi connectivity index (χ0) is 12.4. The van der Waals surface area contributed by atoms with Gasteiger partial charge >= 0.3 is 6.18 Å². The molecule has 0 aliphatic heterocycles. The van der Waals surface area contributed by atoms with Crippen molar-refractivity contribution in [2.24, 2.45) is 4.40 Å². The van der Waals surface area contributed by atoms with E-state index in [1.165, 1.54) is 0 Å². The molecule has 0 saturated carbocycles. The first-order valence-electron chi connectivity index (χ1n) is 3.79. The van der Waals surface area contributed by atoms with Crippen molar-refractivity contribution >= 4 is 16.1 Å². The van der Waals surface area contributed by atoms with Gasteiger partial charge in [-0.25, -0.2) is 4.79 Å². The fourth-order valence-electron chi connectivity index (χ4n) is 0.935. The summed E-state index contributed by atoms with van der Waals surface area (Å²) in [5.41, 5.74) is -1.13. The largest absolute Gasteiger partial charge is 0.416 e. The van der Waals surface area contributed by atoms with Crippen LogP contribution in [0.25, 0.3) is 0 Å². The van der Waals surface area contributed by atoms with Crippen LogP contribution in [0.4, 0.5) is 13.2 Å². The minimum absolute atomic E-state index is 0.399. The molecule has 0 aliphatic carbocycles. The molecule has 0 atom stereocenters. The monoisotopic (exact) mass is 251 g/mol. The SMILES string of the molecule is O=C=NS(=O)(=O)c1cccc(C(F)(F)F)c1. The molecule has 0 aliphatic rings. The first kappa shape index (κ1) is 12.4. The number of alkyl halides is 3. The van der Waals surface area contributed by atoms with Gasteiger partial charge in [0.25, 0.3) is 16.1 Å². The highest BCUT2D eigenvalue weighted by Crippen LogP contribution is 2.30. The van der Waals surface area contributed by atoms with Gasteiger partial charge in [0.05, 0.1) is 10.5 Å². The molecular formula is C8H4F3NO3S. The van der Waals surface area contributed by atoms with Crippen LogP contribution >= 0.6 is 0 Å². The summed E-state index contributed by atoms with van der Waals surface area (Å²) in [5.74, 6) is 0.